The molecule has 72 valence electrons. The zero-order chi connectivity index (χ0) is 9.52. The molecule has 0 unspecified atom stereocenters. The SMILES string of the molecule is C=CC(=O)OCCCN1C=NCC1. The molecule has 1 heterocycles. The van der Waals surface area contributed by atoms with Crippen LogP contribution in [0.4, 0.5) is 0 Å². The maximum absolute atomic E-state index is 10.6. The minimum atomic E-state index is -0.352. The Morgan fingerprint density at radius 1 is 1.77 bits per heavy atom. The molecule has 0 aromatic carbocycles. The molecular formula is C9H14N2O2. The minimum absolute atomic E-state index is 0.352. The van der Waals surface area contributed by atoms with Gasteiger partial charge < -0.3 is 9.64 Å². The standard InChI is InChI=1S/C9H14N2O2/c1-2-9(12)13-7-3-5-11-6-4-10-8-11/h2,8H,1,3-7H2. The normalized spacial score (nSPS) is 14.6. The van der Waals surface area contributed by atoms with Gasteiger partial charge >= 0.3 is 5.97 Å². The van der Waals surface area contributed by atoms with Crippen molar-refractivity contribution in [2.45, 2.75) is 6.42 Å². The first-order valence-corrected chi connectivity index (χ1v) is 4.36. The number of rotatable bonds is 5. The van der Waals surface area contributed by atoms with Crippen molar-refractivity contribution in [3.8, 4) is 0 Å². The predicted molar refractivity (Wildman–Crippen MR) is 50.7 cm³/mol. The Morgan fingerprint density at radius 2 is 2.62 bits per heavy atom. The van der Waals surface area contributed by atoms with Crippen molar-refractivity contribution in [1.82, 2.24) is 4.90 Å². The van der Waals surface area contributed by atoms with Gasteiger partial charge in [0.1, 0.15) is 0 Å². The molecule has 0 aromatic heterocycles. The summed E-state index contributed by atoms with van der Waals surface area (Å²) >= 11 is 0. The zero-order valence-corrected chi connectivity index (χ0v) is 7.61. The summed E-state index contributed by atoms with van der Waals surface area (Å²) in [6, 6.07) is 0. The van der Waals surface area contributed by atoms with Crippen molar-refractivity contribution in [3.63, 3.8) is 0 Å². The number of carbonyl (C=O) groups excluding carboxylic acids is 1. The van der Waals surface area contributed by atoms with E-state index in [1.807, 2.05) is 6.34 Å². The molecule has 0 amide bonds. The van der Waals surface area contributed by atoms with Crippen LogP contribution in [0.25, 0.3) is 0 Å². The van der Waals surface area contributed by atoms with Gasteiger partial charge in [0, 0.05) is 19.2 Å². The number of nitrogens with zero attached hydrogens (tertiary/aromatic N) is 2. The average Bonchev–Trinajstić information content (AvgIpc) is 2.64. The van der Waals surface area contributed by atoms with E-state index in [1.165, 1.54) is 6.08 Å². The summed E-state index contributed by atoms with van der Waals surface area (Å²) in [6.45, 7) is 6.52. The summed E-state index contributed by atoms with van der Waals surface area (Å²) in [4.78, 5) is 16.8. The molecule has 0 atom stereocenters. The molecule has 0 saturated carbocycles. The van der Waals surface area contributed by atoms with Crippen LogP contribution in [0, 0.1) is 0 Å². The van der Waals surface area contributed by atoms with Crippen LogP contribution in [-0.4, -0.2) is 43.4 Å². The summed E-state index contributed by atoms with van der Waals surface area (Å²) in [5.74, 6) is -0.352. The highest BCUT2D eigenvalue weighted by atomic mass is 16.5. The van der Waals surface area contributed by atoms with Gasteiger partial charge in [0.2, 0.25) is 0 Å². The maximum Gasteiger partial charge on any atom is 0.330 e. The van der Waals surface area contributed by atoms with Gasteiger partial charge in [0.05, 0.1) is 19.5 Å². The molecule has 0 saturated heterocycles. The summed E-state index contributed by atoms with van der Waals surface area (Å²) in [6.07, 6.45) is 3.86. The van der Waals surface area contributed by atoms with Crippen LogP contribution < -0.4 is 0 Å². The largest absolute Gasteiger partial charge is 0.462 e. The molecule has 4 nitrogen and oxygen atoms in total. The lowest BCUT2D eigenvalue weighted by Gasteiger charge is -2.12. The fourth-order valence-electron chi connectivity index (χ4n) is 1.09. The van der Waals surface area contributed by atoms with Crippen LogP contribution in [0.5, 0.6) is 0 Å². The number of hydrogen-bond acceptors (Lipinski definition) is 4. The van der Waals surface area contributed by atoms with Gasteiger partial charge in [-0.1, -0.05) is 6.58 Å². The number of aliphatic imine (C=N–C) groups is 1. The van der Waals surface area contributed by atoms with Gasteiger partial charge in [-0.25, -0.2) is 4.79 Å². The molecule has 0 aromatic rings. The minimum Gasteiger partial charge on any atom is -0.462 e. The van der Waals surface area contributed by atoms with Crippen LogP contribution in [-0.2, 0) is 9.53 Å². The van der Waals surface area contributed by atoms with Crippen LogP contribution in [0.3, 0.4) is 0 Å². The average molecular weight is 182 g/mol. The molecule has 1 aliphatic rings. The van der Waals surface area contributed by atoms with Crippen molar-refractivity contribution in [3.05, 3.63) is 12.7 Å². The van der Waals surface area contributed by atoms with E-state index >= 15 is 0 Å². The van der Waals surface area contributed by atoms with E-state index in [-0.39, 0.29) is 5.97 Å². The van der Waals surface area contributed by atoms with Crippen LogP contribution in [0.2, 0.25) is 0 Å². The second kappa shape index (κ2) is 5.35. The van der Waals surface area contributed by atoms with Crippen molar-refractivity contribution in [2.75, 3.05) is 26.2 Å². The van der Waals surface area contributed by atoms with E-state index in [0.717, 1.165) is 26.1 Å². The quantitative estimate of drug-likeness (QED) is 0.352. The van der Waals surface area contributed by atoms with Crippen molar-refractivity contribution in [2.24, 2.45) is 4.99 Å². The molecule has 0 bridgehead atoms. The van der Waals surface area contributed by atoms with Gasteiger partial charge in [0.25, 0.3) is 0 Å². The fraction of sp³-hybridized carbons (Fsp3) is 0.556. The molecule has 4 heteroatoms. The highest BCUT2D eigenvalue weighted by Gasteiger charge is 2.04. The van der Waals surface area contributed by atoms with E-state index in [2.05, 4.69) is 16.5 Å². The Balaban J connectivity index is 1.97. The molecular weight excluding hydrogens is 168 g/mol. The van der Waals surface area contributed by atoms with Gasteiger partial charge in [-0.15, -0.1) is 0 Å². The van der Waals surface area contributed by atoms with E-state index in [9.17, 15) is 4.79 Å². The Bertz CT molecular complexity index is 214. The Labute approximate surface area is 77.9 Å². The third-order valence-electron chi connectivity index (χ3n) is 1.76. The molecule has 1 aliphatic heterocycles. The first kappa shape index (κ1) is 9.77. The Morgan fingerprint density at radius 3 is 3.23 bits per heavy atom. The van der Waals surface area contributed by atoms with Crippen molar-refractivity contribution in [1.29, 1.82) is 0 Å². The van der Waals surface area contributed by atoms with Gasteiger partial charge in [0.15, 0.2) is 0 Å². The van der Waals surface area contributed by atoms with Gasteiger partial charge in [-0.3, -0.25) is 4.99 Å². The summed E-state index contributed by atoms with van der Waals surface area (Å²) in [5, 5.41) is 0. The zero-order valence-electron chi connectivity index (χ0n) is 7.61. The Kier molecular flexibility index (Phi) is 4.02. The van der Waals surface area contributed by atoms with Crippen molar-refractivity contribution >= 4 is 12.3 Å². The smallest absolute Gasteiger partial charge is 0.330 e. The maximum atomic E-state index is 10.6. The molecule has 0 fully saturated rings. The lowest BCUT2D eigenvalue weighted by molar-refractivity contribution is -0.137. The topological polar surface area (TPSA) is 41.9 Å². The molecule has 0 spiro atoms. The third-order valence-corrected chi connectivity index (χ3v) is 1.76. The lowest BCUT2D eigenvalue weighted by Crippen LogP contribution is -2.22. The Hall–Kier alpha value is -1.32. The third kappa shape index (κ3) is 3.73. The van der Waals surface area contributed by atoms with Crippen LogP contribution >= 0.6 is 0 Å². The highest BCUT2D eigenvalue weighted by Crippen LogP contribution is 1.95. The van der Waals surface area contributed by atoms with E-state index < -0.39 is 0 Å². The first-order chi connectivity index (χ1) is 6.33. The monoisotopic (exact) mass is 182 g/mol. The molecule has 0 N–H and O–H groups in total. The van der Waals surface area contributed by atoms with Crippen LogP contribution in [0.15, 0.2) is 17.6 Å². The molecule has 0 aliphatic carbocycles. The predicted octanol–water partition coefficient (Wildman–Crippen LogP) is 0.450. The number of ether oxygens (including phenoxy) is 1. The van der Waals surface area contributed by atoms with Crippen LogP contribution in [0.1, 0.15) is 6.42 Å². The van der Waals surface area contributed by atoms with Gasteiger partial charge in [-0.05, 0) is 6.42 Å². The van der Waals surface area contributed by atoms with E-state index in [1.54, 1.807) is 0 Å². The summed E-state index contributed by atoms with van der Waals surface area (Å²) < 4.78 is 4.82. The molecule has 13 heavy (non-hydrogen) atoms. The first-order valence-electron chi connectivity index (χ1n) is 4.36. The fourth-order valence-corrected chi connectivity index (χ4v) is 1.09. The summed E-state index contributed by atoms with van der Waals surface area (Å²) in [7, 11) is 0. The van der Waals surface area contributed by atoms with Crippen molar-refractivity contribution < 1.29 is 9.53 Å². The molecule has 0 radical (unpaired) electrons. The highest BCUT2D eigenvalue weighted by molar-refractivity contribution is 5.81. The van der Waals surface area contributed by atoms with Gasteiger partial charge in [-0.2, -0.15) is 0 Å². The number of esters is 1. The second-order valence-electron chi connectivity index (χ2n) is 2.78. The lowest BCUT2D eigenvalue weighted by atomic mass is 10.4. The van der Waals surface area contributed by atoms with E-state index in [0.29, 0.717) is 6.61 Å². The molecule has 1 rings (SSSR count). The summed E-state index contributed by atoms with van der Waals surface area (Å²) in [5.41, 5.74) is 0. The van der Waals surface area contributed by atoms with E-state index in [4.69, 9.17) is 4.74 Å². The number of carbonyl (C=O) groups is 1. The number of hydrogen-bond donors (Lipinski definition) is 0. The second-order valence-corrected chi connectivity index (χ2v) is 2.78.